The number of aliphatic imine (C=N–C) groups is 1. The van der Waals surface area contributed by atoms with Gasteiger partial charge in [-0.2, -0.15) is 4.37 Å². The van der Waals surface area contributed by atoms with Crippen LogP contribution in [0.4, 0.5) is 5.13 Å². The molecule has 0 spiro atoms. The number of aryl methyl sites for hydroxylation is 2. The third-order valence-corrected chi connectivity index (χ3v) is 5.04. The van der Waals surface area contributed by atoms with E-state index in [0.29, 0.717) is 6.54 Å². The first-order chi connectivity index (χ1) is 12.2. The number of piperazine rings is 1. The Labute approximate surface area is 175 Å². The van der Waals surface area contributed by atoms with Crippen LogP contribution in [-0.2, 0) is 19.4 Å². The van der Waals surface area contributed by atoms with Gasteiger partial charge in [0.25, 0.3) is 0 Å². The highest BCUT2D eigenvalue weighted by Crippen LogP contribution is 2.19. The number of hydrogen-bond acceptors (Lipinski definition) is 7. The Balaban J connectivity index is 0.00000243. The summed E-state index contributed by atoms with van der Waals surface area (Å²) in [6.07, 6.45) is 1.76. The zero-order valence-electron chi connectivity index (χ0n) is 15.4. The number of nitrogens with zero attached hydrogens (tertiary/aromatic N) is 6. The van der Waals surface area contributed by atoms with Gasteiger partial charge in [0.15, 0.2) is 11.7 Å². The molecule has 0 atom stereocenters. The van der Waals surface area contributed by atoms with Gasteiger partial charge < -0.3 is 19.6 Å². The molecule has 0 unspecified atom stereocenters. The highest BCUT2D eigenvalue weighted by atomic mass is 127. The quantitative estimate of drug-likeness (QED) is 0.390. The minimum absolute atomic E-state index is 0. The summed E-state index contributed by atoms with van der Waals surface area (Å²) in [5.74, 6) is 2.65. The van der Waals surface area contributed by atoms with Gasteiger partial charge in [-0.1, -0.05) is 19.0 Å². The van der Waals surface area contributed by atoms with Gasteiger partial charge in [0.2, 0.25) is 5.13 Å². The summed E-state index contributed by atoms with van der Waals surface area (Å²) in [5, 5.41) is 8.40. The fraction of sp³-hybridized carbons (Fsp3) is 0.625. The van der Waals surface area contributed by atoms with E-state index < -0.39 is 0 Å². The van der Waals surface area contributed by atoms with Crippen LogP contribution in [0.3, 0.4) is 0 Å². The second-order valence-corrected chi connectivity index (χ2v) is 6.59. The molecule has 0 aliphatic carbocycles. The Morgan fingerprint density at radius 2 is 2.04 bits per heavy atom. The van der Waals surface area contributed by atoms with E-state index >= 15 is 0 Å². The second kappa shape index (κ2) is 10.0. The molecule has 8 nitrogen and oxygen atoms in total. The average molecular weight is 491 g/mol. The molecule has 1 saturated heterocycles. The van der Waals surface area contributed by atoms with Crippen LogP contribution < -0.4 is 10.2 Å². The summed E-state index contributed by atoms with van der Waals surface area (Å²) in [6.45, 7) is 8.37. The average Bonchev–Trinajstić information content (AvgIpc) is 3.32. The molecule has 3 heterocycles. The van der Waals surface area contributed by atoms with Crippen molar-refractivity contribution in [3.63, 3.8) is 0 Å². The largest absolute Gasteiger partial charge is 0.359 e. The second-order valence-electron chi connectivity index (χ2n) is 5.86. The molecule has 2 aromatic heterocycles. The van der Waals surface area contributed by atoms with Gasteiger partial charge >= 0.3 is 0 Å². The van der Waals surface area contributed by atoms with Crippen molar-refractivity contribution < 1.29 is 4.52 Å². The summed E-state index contributed by atoms with van der Waals surface area (Å²) >= 11 is 1.49. The molecule has 0 amide bonds. The lowest BCUT2D eigenvalue weighted by atomic mass is 10.3. The van der Waals surface area contributed by atoms with Crippen LogP contribution in [0.5, 0.6) is 0 Å². The van der Waals surface area contributed by atoms with Crippen molar-refractivity contribution in [2.75, 3.05) is 38.1 Å². The Morgan fingerprint density at radius 3 is 2.62 bits per heavy atom. The van der Waals surface area contributed by atoms with Crippen molar-refractivity contribution in [3.8, 4) is 0 Å². The van der Waals surface area contributed by atoms with Crippen LogP contribution in [-0.4, -0.2) is 58.6 Å². The smallest absolute Gasteiger partial charge is 0.205 e. The highest BCUT2D eigenvalue weighted by molar-refractivity contribution is 14.0. The standard InChI is InChI=1S/C16H25N7OS.HI/c1-4-12-10-13(24-20-12)11-18-15(17-3)22-6-8-23(9-7-22)16-19-14(5-2)21-25-16;/h10H,4-9,11H2,1-3H3,(H,17,18);1H. The molecule has 1 aliphatic heterocycles. The molecular weight excluding hydrogens is 465 g/mol. The van der Waals surface area contributed by atoms with Crippen LogP contribution >= 0.6 is 35.5 Å². The number of aromatic nitrogens is 3. The van der Waals surface area contributed by atoms with Gasteiger partial charge in [0, 0.05) is 57.2 Å². The number of rotatable bonds is 5. The minimum atomic E-state index is 0. The van der Waals surface area contributed by atoms with Gasteiger partial charge in [0.05, 0.1) is 12.2 Å². The summed E-state index contributed by atoms with van der Waals surface area (Å²) in [5.41, 5.74) is 0.976. The minimum Gasteiger partial charge on any atom is -0.359 e. The Kier molecular flexibility index (Phi) is 8.07. The van der Waals surface area contributed by atoms with Crippen molar-refractivity contribution in [3.05, 3.63) is 23.3 Å². The summed E-state index contributed by atoms with van der Waals surface area (Å²) in [4.78, 5) is 13.5. The first kappa shape index (κ1) is 20.9. The van der Waals surface area contributed by atoms with Crippen LogP contribution in [0.1, 0.15) is 31.1 Å². The van der Waals surface area contributed by atoms with Crippen molar-refractivity contribution in [1.82, 2.24) is 24.7 Å². The van der Waals surface area contributed by atoms with Gasteiger partial charge in [-0.15, -0.1) is 24.0 Å². The van der Waals surface area contributed by atoms with Crippen LogP contribution in [0.15, 0.2) is 15.6 Å². The summed E-state index contributed by atoms with van der Waals surface area (Å²) in [7, 11) is 1.81. The molecule has 3 rings (SSSR count). The van der Waals surface area contributed by atoms with Gasteiger partial charge in [-0.3, -0.25) is 4.99 Å². The van der Waals surface area contributed by atoms with Crippen molar-refractivity contribution in [2.45, 2.75) is 33.2 Å². The topological polar surface area (TPSA) is 82.7 Å². The molecule has 2 aromatic rings. The predicted molar refractivity (Wildman–Crippen MR) is 115 cm³/mol. The van der Waals surface area contributed by atoms with Crippen LogP contribution in [0, 0.1) is 0 Å². The number of hydrogen-bond donors (Lipinski definition) is 1. The maximum atomic E-state index is 5.32. The zero-order chi connectivity index (χ0) is 17.6. The first-order valence-corrected chi connectivity index (χ1v) is 9.48. The lowest BCUT2D eigenvalue weighted by Crippen LogP contribution is -2.52. The lowest BCUT2D eigenvalue weighted by Gasteiger charge is -2.36. The van der Waals surface area contributed by atoms with E-state index in [-0.39, 0.29) is 24.0 Å². The molecule has 0 bridgehead atoms. The molecule has 1 N–H and O–H groups in total. The monoisotopic (exact) mass is 491 g/mol. The molecule has 0 aromatic carbocycles. The number of nitrogens with one attached hydrogen (secondary N) is 1. The van der Waals surface area contributed by atoms with Crippen molar-refractivity contribution >= 4 is 46.6 Å². The number of halogens is 1. The molecule has 26 heavy (non-hydrogen) atoms. The molecular formula is C16H26IN7OS. The molecule has 0 saturated carbocycles. The molecule has 1 aliphatic rings. The lowest BCUT2D eigenvalue weighted by molar-refractivity contribution is 0.356. The van der Waals surface area contributed by atoms with E-state index in [1.165, 1.54) is 11.5 Å². The van der Waals surface area contributed by atoms with Crippen molar-refractivity contribution in [1.29, 1.82) is 0 Å². The van der Waals surface area contributed by atoms with E-state index in [1.54, 1.807) is 0 Å². The maximum Gasteiger partial charge on any atom is 0.205 e. The normalized spacial score (nSPS) is 15.1. The third-order valence-electron chi connectivity index (χ3n) is 4.23. The van der Waals surface area contributed by atoms with Crippen LogP contribution in [0.25, 0.3) is 0 Å². The Bertz CT molecular complexity index is 709. The van der Waals surface area contributed by atoms with E-state index in [4.69, 9.17) is 4.52 Å². The summed E-state index contributed by atoms with van der Waals surface area (Å²) in [6, 6.07) is 1.99. The third kappa shape index (κ3) is 5.06. The number of anilines is 1. The fourth-order valence-electron chi connectivity index (χ4n) is 2.73. The maximum absolute atomic E-state index is 5.32. The molecule has 1 fully saturated rings. The highest BCUT2D eigenvalue weighted by Gasteiger charge is 2.22. The summed E-state index contributed by atoms with van der Waals surface area (Å²) < 4.78 is 9.69. The van der Waals surface area contributed by atoms with Gasteiger partial charge in [-0.25, -0.2) is 4.98 Å². The van der Waals surface area contributed by atoms with E-state index in [9.17, 15) is 0 Å². The zero-order valence-corrected chi connectivity index (χ0v) is 18.6. The van der Waals surface area contributed by atoms with Crippen LogP contribution in [0.2, 0.25) is 0 Å². The molecule has 10 heteroatoms. The molecule has 0 radical (unpaired) electrons. The van der Waals surface area contributed by atoms with Gasteiger partial charge in [0.1, 0.15) is 5.82 Å². The van der Waals surface area contributed by atoms with Crippen molar-refractivity contribution in [2.24, 2.45) is 4.99 Å². The fourth-order valence-corrected chi connectivity index (χ4v) is 3.53. The first-order valence-electron chi connectivity index (χ1n) is 8.71. The Hall–Kier alpha value is -1.43. The van der Waals surface area contributed by atoms with E-state index in [1.807, 2.05) is 13.1 Å². The van der Waals surface area contributed by atoms with E-state index in [0.717, 1.165) is 67.4 Å². The molecule has 144 valence electrons. The SMILES string of the molecule is CCc1cc(CNC(=NC)N2CCN(c3nc(CC)ns3)CC2)on1.I. The van der Waals surface area contributed by atoms with E-state index in [2.05, 4.69) is 48.5 Å². The predicted octanol–water partition coefficient (Wildman–Crippen LogP) is 2.17. The number of guanidine groups is 1. The Morgan fingerprint density at radius 1 is 1.27 bits per heavy atom. The van der Waals surface area contributed by atoms with Gasteiger partial charge in [-0.05, 0) is 6.42 Å².